The monoisotopic (exact) mass is 249 g/mol. The van der Waals surface area contributed by atoms with Crippen LogP contribution in [-0.2, 0) is 5.41 Å². The second-order valence-corrected chi connectivity index (χ2v) is 6.04. The fraction of sp³-hybridized carbons (Fsp3) is 0.222. The highest BCUT2D eigenvalue weighted by molar-refractivity contribution is 5.96. The van der Waals surface area contributed by atoms with E-state index in [1.54, 1.807) is 0 Å². The molecule has 0 fully saturated rings. The highest BCUT2D eigenvalue weighted by atomic mass is 14.7. The van der Waals surface area contributed by atoms with Crippen molar-refractivity contribution in [2.45, 2.75) is 26.2 Å². The van der Waals surface area contributed by atoms with Gasteiger partial charge in [-0.3, -0.25) is 0 Å². The first-order chi connectivity index (χ1) is 9.07. The van der Waals surface area contributed by atoms with E-state index in [2.05, 4.69) is 80.5 Å². The molecule has 1 heterocycles. The smallest absolute Gasteiger partial charge is 0.0460 e. The van der Waals surface area contributed by atoms with Crippen molar-refractivity contribution in [3.8, 4) is 11.1 Å². The van der Waals surface area contributed by atoms with Crippen molar-refractivity contribution >= 4 is 10.9 Å². The standard InChI is InChI=1S/C18H19N/c1-18(2,3)16-10-6-4-8-13(16)15-12-19-17-11-7-5-9-14(15)17/h4-12,19H,1-3H3. The summed E-state index contributed by atoms with van der Waals surface area (Å²) < 4.78 is 0. The third-order valence-electron chi connectivity index (χ3n) is 3.61. The Hall–Kier alpha value is -2.02. The van der Waals surface area contributed by atoms with E-state index in [1.807, 2.05) is 0 Å². The summed E-state index contributed by atoms with van der Waals surface area (Å²) in [5, 5.41) is 1.29. The summed E-state index contributed by atoms with van der Waals surface area (Å²) in [6.45, 7) is 6.79. The number of aromatic amines is 1. The molecule has 0 bridgehead atoms. The van der Waals surface area contributed by atoms with Gasteiger partial charge >= 0.3 is 0 Å². The zero-order valence-electron chi connectivity index (χ0n) is 11.7. The first kappa shape index (κ1) is 12.0. The Morgan fingerprint density at radius 2 is 1.47 bits per heavy atom. The zero-order chi connectivity index (χ0) is 13.5. The van der Waals surface area contributed by atoms with Gasteiger partial charge in [0.15, 0.2) is 0 Å². The van der Waals surface area contributed by atoms with Gasteiger partial charge in [-0.15, -0.1) is 0 Å². The summed E-state index contributed by atoms with van der Waals surface area (Å²) >= 11 is 0. The normalized spacial score (nSPS) is 11.9. The quantitative estimate of drug-likeness (QED) is 0.615. The third-order valence-corrected chi connectivity index (χ3v) is 3.61. The SMILES string of the molecule is CC(C)(C)c1ccccc1-c1c[nH]c2ccccc12. The van der Waals surface area contributed by atoms with Crippen molar-refractivity contribution in [3.05, 3.63) is 60.3 Å². The van der Waals surface area contributed by atoms with Gasteiger partial charge in [0.05, 0.1) is 0 Å². The molecule has 1 N–H and O–H groups in total. The highest BCUT2D eigenvalue weighted by Gasteiger charge is 2.19. The number of rotatable bonds is 1. The molecule has 0 radical (unpaired) electrons. The molecule has 0 aliphatic rings. The maximum absolute atomic E-state index is 3.37. The van der Waals surface area contributed by atoms with E-state index < -0.39 is 0 Å². The highest BCUT2D eigenvalue weighted by Crippen LogP contribution is 2.36. The predicted molar refractivity (Wildman–Crippen MR) is 82.4 cm³/mol. The summed E-state index contributed by atoms with van der Waals surface area (Å²) in [5.74, 6) is 0. The van der Waals surface area contributed by atoms with E-state index in [-0.39, 0.29) is 5.41 Å². The Labute approximate surface area is 114 Å². The van der Waals surface area contributed by atoms with Crippen LogP contribution in [0.2, 0.25) is 0 Å². The van der Waals surface area contributed by atoms with Crippen LogP contribution in [0.3, 0.4) is 0 Å². The lowest BCUT2D eigenvalue weighted by atomic mass is 9.82. The minimum absolute atomic E-state index is 0.148. The second-order valence-electron chi connectivity index (χ2n) is 6.04. The minimum atomic E-state index is 0.148. The third kappa shape index (κ3) is 2.06. The molecule has 96 valence electrons. The van der Waals surface area contributed by atoms with Crippen LogP contribution in [0.25, 0.3) is 22.0 Å². The van der Waals surface area contributed by atoms with Gasteiger partial charge in [-0.05, 0) is 22.6 Å². The first-order valence-electron chi connectivity index (χ1n) is 6.73. The maximum atomic E-state index is 3.37. The topological polar surface area (TPSA) is 15.8 Å². The van der Waals surface area contributed by atoms with Crippen LogP contribution in [0.4, 0.5) is 0 Å². The molecular weight excluding hydrogens is 230 g/mol. The number of hydrogen-bond donors (Lipinski definition) is 1. The summed E-state index contributed by atoms with van der Waals surface area (Å²) in [6, 6.07) is 17.2. The molecule has 3 aromatic rings. The fourth-order valence-electron chi connectivity index (χ4n) is 2.67. The summed E-state index contributed by atoms with van der Waals surface area (Å²) in [5.41, 5.74) is 5.35. The molecule has 0 spiro atoms. The van der Waals surface area contributed by atoms with Gasteiger partial charge in [-0.1, -0.05) is 63.2 Å². The Bertz CT molecular complexity index is 714. The van der Waals surface area contributed by atoms with Crippen LogP contribution in [-0.4, -0.2) is 4.98 Å². The molecule has 0 unspecified atom stereocenters. The lowest BCUT2D eigenvalue weighted by molar-refractivity contribution is 0.592. The maximum Gasteiger partial charge on any atom is 0.0460 e. The van der Waals surface area contributed by atoms with Crippen LogP contribution < -0.4 is 0 Å². The number of benzene rings is 2. The molecule has 0 atom stereocenters. The van der Waals surface area contributed by atoms with Crippen LogP contribution in [0, 0.1) is 0 Å². The predicted octanol–water partition coefficient (Wildman–Crippen LogP) is 5.13. The molecule has 3 rings (SSSR count). The lowest BCUT2D eigenvalue weighted by Gasteiger charge is -2.22. The van der Waals surface area contributed by atoms with Crippen molar-refractivity contribution in [1.29, 1.82) is 0 Å². The average Bonchev–Trinajstić information content (AvgIpc) is 2.81. The molecule has 1 heteroatoms. The molecule has 1 nitrogen and oxygen atoms in total. The van der Waals surface area contributed by atoms with Crippen LogP contribution in [0.5, 0.6) is 0 Å². The van der Waals surface area contributed by atoms with Gasteiger partial charge in [-0.2, -0.15) is 0 Å². The fourth-order valence-corrected chi connectivity index (χ4v) is 2.67. The number of para-hydroxylation sites is 1. The molecule has 0 saturated carbocycles. The van der Waals surface area contributed by atoms with E-state index in [0.29, 0.717) is 0 Å². The summed E-state index contributed by atoms with van der Waals surface area (Å²) in [4.78, 5) is 3.37. The van der Waals surface area contributed by atoms with Crippen molar-refractivity contribution < 1.29 is 0 Å². The summed E-state index contributed by atoms with van der Waals surface area (Å²) in [6.07, 6.45) is 2.12. The molecule has 1 aromatic heterocycles. The van der Waals surface area contributed by atoms with E-state index in [9.17, 15) is 0 Å². The van der Waals surface area contributed by atoms with Gasteiger partial charge < -0.3 is 4.98 Å². The largest absolute Gasteiger partial charge is 0.361 e. The van der Waals surface area contributed by atoms with Gasteiger partial charge in [0.25, 0.3) is 0 Å². The van der Waals surface area contributed by atoms with E-state index in [0.717, 1.165) is 0 Å². The minimum Gasteiger partial charge on any atom is -0.361 e. The number of nitrogens with one attached hydrogen (secondary N) is 1. The molecule has 0 aliphatic heterocycles. The van der Waals surface area contributed by atoms with Gasteiger partial charge in [0, 0.05) is 22.7 Å². The average molecular weight is 249 g/mol. The molecule has 0 amide bonds. The Kier molecular flexibility index (Phi) is 2.70. The lowest BCUT2D eigenvalue weighted by Crippen LogP contribution is -2.12. The second kappa shape index (κ2) is 4.27. The first-order valence-corrected chi connectivity index (χ1v) is 6.73. The molecular formula is C18H19N. The van der Waals surface area contributed by atoms with Crippen molar-refractivity contribution in [2.24, 2.45) is 0 Å². The van der Waals surface area contributed by atoms with Crippen molar-refractivity contribution in [1.82, 2.24) is 4.98 Å². The van der Waals surface area contributed by atoms with E-state index >= 15 is 0 Å². The number of H-pyrrole nitrogens is 1. The number of aromatic nitrogens is 1. The van der Waals surface area contributed by atoms with Crippen molar-refractivity contribution in [3.63, 3.8) is 0 Å². The Morgan fingerprint density at radius 1 is 0.789 bits per heavy atom. The van der Waals surface area contributed by atoms with Gasteiger partial charge in [0.1, 0.15) is 0 Å². The van der Waals surface area contributed by atoms with E-state index in [4.69, 9.17) is 0 Å². The van der Waals surface area contributed by atoms with Crippen LogP contribution in [0.15, 0.2) is 54.7 Å². The zero-order valence-corrected chi connectivity index (χ0v) is 11.7. The van der Waals surface area contributed by atoms with Crippen LogP contribution >= 0.6 is 0 Å². The molecule has 2 aromatic carbocycles. The van der Waals surface area contributed by atoms with E-state index in [1.165, 1.54) is 27.6 Å². The Morgan fingerprint density at radius 3 is 2.26 bits per heavy atom. The van der Waals surface area contributed by atoms with Crippen LogP contribution in [0.1, 0.15) is 26.3 Å². The van der Waals surface area contributed by atoms with Gasteiger partial charge in [-0.25, -0.2) is 0 Å². The Balaban J connectivity index is 2.28. The molecule has 0 aliphatic carbocycles. The van der Waals surface area contributed by atoms with Crippen molar-refractivity contribution in [2.75, 3.05) is 0 Å². The summed E-state index contributed by atoms with van der Waals surface area (Å²) in [7, 11) is 0. The number of hydrogen-bond acceptors (Lipinski definition) is 0. The molecule has 19 heavy (non-hydrogen) atoms. The van der Waals surface area contributed by atoms with Gasteiger partial charge in [0.2, 0.25) is 0 Å². The number of fused-ring (bicyclic) bond motifs is 1. The molecule has 0 saturated heterocycles.